The molecular weight excluding hydrogens is 304 g/mol. The molecule has 118 valence electrons. The normalized spacial score (nSPS) is 10.9. The lowest BCUT2D eigenvalue weighted by Gasteiger charge is -2.13. The molecule has 0 fully saturated rings. The van der Waals surface area contributed by atoms with Crippen molar-refractivity contribution >= 4 is 44.5 Å². The molecule has 2 rings (SSSR count). The van der Waals surface area contributed by atoms with Crippen LogP contribution in [0.2, 0.25) is 0 Å². The molecule has 5 nitrogen and oxygen atoms in total. The van der Waals surface area contributed by atoms with Gasteiger partial charge in [-0.2, -0.15) is 0 Å². The zero-order chi connectivity index (χ0) is 17.9. The molecule has 0 aliphatic carbocycles. The molecule has 2 aromatic rings. The number of phenols is 1. The number of aliphatic imine (C=N–C) groups is 1. The highest BCUT2D eigenvalue weighted by Crippen LogP contribution is 2.28. The number of carboxylic acids is 1. The number of aromatic hydroxyl groups is 1. The van der Waals surface area contributed by atoms with E-state index in [1.165, 1.54) is 18.3 Å². The SMILES string of the molecule is [B]c1cc(OCC)c(O)c(C=Nc2cccc(C(=O)O)c2C)c1[B]. The van der Waals surface area contributed by atoms with Crippen molar-refractivity contribution in [3.8, 4) is 11.5 Å². The molecule has 0 aliphatic rings. The molecule has 0 saturated heterocycles. The van der Waals surface area contributed by atoms with E-state index in [0.29, 0.717) is 17.9 Å². The van der Waals surface area contributed by atoms with Gasteiger partial charge < -0.3 is 14.9 Å². The lowest BCUT2D eigenvalue weighted by Crippen LogP contribution is -2.29. The van der Waals surface area contributed by atoms with E-state index in [-0.39, 0.29) is 33.6 Å². The predicted molar refractivity (Wildman–Crippen MR) is 95.4 cm³/mol. The van der Waals surface area contributed by atoms with Crippen LogP contribution in [0.4, 0.5) is 5.69 Å². The molecular formula is C17H15B2NO4. The van der Waals surface area contributed by atoms with Crippen molar-refractivity contribution in [3.63, 3.8) is 0 Å². The van der Waals surface area contributed by atoms with Crippen LogP contribution in [-0.4, -0.2) is 44.7 Å². The van der Waals surface area contributed by atoms with Crippen LogP contribution < -0.4 is 15.7 Å². The number of rotatable bonds is 5. The average Bonchev–Trinajstić information content (AvgIpc) is 2.53. The maximum atomic E-state index is 11.2. The number of carboxylic acid groups (broad SMARTS) is 1. The van der Waals surface area contributed by atoms with E-state index in [1.807, 2.05) is 0 Å². The van der Waals surface area contributed by atoms with Crippen molar-refractivity contribution < 1.29 is 19.7 Å². The minimum atomic E-state index is -1.03. The molecule has 0 unspecified atom stereocenters. The average molecular weight is 319 g/mol. The zero-order valence-corrected chi connectivity index (χ0v) is 13.4. The van der Waals surface area contributed by atoms with Gasteiger partial charge in [0.2, 0.25) is 0 Å². The fourth-order valence-corrected chi connectivity index (χ4v) is 2.23. The van der Waals surface area contributed by atoms with Gasteiger partial charge in [0.15, 0.2) is 11.5 Å². The first-order valence-corrected chi connectivity index (χ1v) is 7.27. The third-order valence-corrected chi connectivity index (χ3v) is 3.54. The number of hydrogen-bond donors (Lipinski definition) is 2. The van der Waals surface area contributed by atoms with Gasteiger partial charge in [-0.15, -0.1) is 0 Å². The van der Waals surface area contributed by atoms with Gasteiger partial charge >= 0.3 is 5.97 Å². The number of carbonyl (C=O) groups is 1. The van der Waals surface area contributed by atoms with Crippen LogP contribution in [0.3, 0.4) is 0 Å². The first-order valence-electron chi connectivity index (χ1n) is 7.27. The van der Waals surface area contributed by atoms with Crippen LogP contribution in [0.15, 0.2) is 29.3 Å². The maximum absolute atomic E-state index is 11.2. The van der Waals surface area contributed by atoms with E-state index < -0.39 is 5.97 Å². The standard InChI is InChI=1S/C17H15B2NO4/c1-3-24-14-7-12(18)15(19)11(16(14)21)8-20-13-6-4-5-10(9(13)2)17(22)23/h4-8,21H,3H2,1-2H3,(H,22,23). The third-order valence-electron chi connectivity index (χ3n) is 3.54. The molecule has 4 radical (unpaired) electrons. The van der Waals surface area contributed by atoms with E-state index in [4.69, 9.17) is 25.5 Å². The van der Waals surface area contributed by atoms with Crippen molar-refractivity contribution in [2.75, 3.05) is 6.61 Å². The summed E-state index contributed by atoms with van der Waals surface area (Å²) in [5.41, 5.74) is 1.77. The van der Waals surface area contributed by atoms with Crippen LogP contribution >= 0.6 is 0 Å². The topological polar surface area (TPSA) is 79.1 Å². The Morgan fingerprint density at radius 1 is 1.38 bits per heavy atom. The number of aromatic carboxylic acids is 1. The van der Waals surface area contributed by atoms with Gasteiger partial charge in [-0.25, -0.2) is 4.79 Å². The van der Waals surface area contributed by atoms with E-state index in [2.05, 4.69) is 4.99 Å². The smallest absolute Gasteiger partial charge is 0.336 e. The molecule has 7 heteroatoms. The lowest BCUT2D eigenvalue weighted by atomic mass is 9.77. The fraction of sp³-hybridized carbons (Fsp3) is 0.176. The molecule has 0 aliphatic heterocycles. The Morgan fingerprint density at radius 3 is 2.71 bits per heavy atom. The summed E-state index contributed by atoms with van der Waals surface area (Å²) >= 11 is 0. The largest absolute Gasteiger partial charge is 0.504 e. The number of nitrogens with zero attached hydrogens (tertiary/aromatic N) is 1. The summed E-state index contributed by atoms with van der Waals surface area (Å²) < 4.78 is 5.31. The van der Waals surface area contributed by atoms with Crippen molar-refractivity contribution in [2.45, 2.75) is 13.8 Å². The summed E-state index contributed by atoms with van der Waals surface area (Å²) in [6.07, 6.45) is 1.34. The van der Waals surface area contributed by atoms with E-state index in [9.17, 15) is 9.90 Å². The summed E-state index contributed by atoms with van der Waals surface area (Å²) in [5, 5.41) is 19.4. The summed E-state index contributed by atoms with van der Waals surface area (Å²) in [6, 6.07) is 6.20. The summed E-state index contributed by atoms with van der Waals surface area (Å²) in [4.78, 5) is 15.4. The number of benzene rings is 2. The molecule has 0 atom stereocenters. The summed E-state index contributed by atoms with van der Waals surface area (Å²) in [6.45, 7) is 3.79. The number of hydrogen-bond acceptors (Lipinski definition) is 4. The molecule has 0 saturated carbocycles. The van der Waals surface area contributed by atoms with Gasteiger partial charge in [-0.3, -0.25) is 4.99 Å². The van der Waals surface area contributed by atoms with Crippen LogP contribution in [0.1, 0.15) is 28.4 Å². The molecule has 0 spiro atoms. The molecule has 24 heavy (non-hydrogen) atoms. The van der Waals surface area contributed by atoms with Crippen LogP contribution in [-0.2, 0) is 0 Å². The minimum absolute atomic E-state index is 0.157. The Hall–Kier alpha value is -2.69. The van der Waals surface area contributed by atoms with E-state index in [1.54, 1.807) is 26.0 Å². The minimum Gasteiger partial charge on any atom is -0.504 e. The number of ether oxygens (including phenoxy) is 1. The van der Waals surface area contributed by atoms with Crippen LogP contribution in [0.25, 0.3) is 0 Å². The fourth-order valence-electron chi connectivity index (χ4n) is 2.23. The van der Waals surface area contributed by atoms with Gasteiger partial charge in [-0.05, 0) is 37.6 Å². The molecule has 0 amide bonds. The number of phenolic OH excluding ortho intramolecular Hbond substituents is 1. The Bertz CT molecular complexity index is 819. The zero-order valence-electron chi connectivity index (χ0n) is 13.4. The highest BCUT2D eigenvalue weighted by atomic mass is 16.5. The van der Waals surface area contributed by atoms with Gasteiger partial charge in [0.1, 0.15) is 15.7 Å². The quantitative estimate of drug-likeness (QED) is 0.640. The van der Waals surface area contributed by atoms with E-state index >= 15 is 0 Å². The van der Waals surface area contributed by atoms with Crippen molar-refractivity contribution in [1.82, 2.24) is 0 Å². The lowest BCUT2D eigenvalue weighted by molar-refractivity contribution is 0.0696. The predicted octanol–water partition coefficient (Wildman–Crippen LogP) is 1.14. The van der Waals surface area contributed by atoms with Crippen molar-refractivity contribution in [2.24, 2.45) is 4.99 Å². The Balaban J connectivity index is 2.50. The first kappa shape index (κ1) is 17.7. The summed E-state index contributed by atoms with van der Waals surface area (Å²) in [7, 11) is 11.7. The Morgan fingerprint density at radius 2 is 2.08 bits per heavy atom. The van der Waals surface area contributed by atoms with Crippen molar-refractivity contribution in [3.05, 3.63) is 41.0 Å². The monoisotopic (exact) mass is 319 g/mol. The van der Waals surface area contributed by atoms with Crippen molar-refractivity contribution in [1.29, 1.82) is 0 Å². The second-order valence-electron chi connectivity index (χ2n) is 5.09. The highest BCUT2D eigenvalue weighted by molar-refractivity contribution is 6.50. The van der Waals surface area contributed by atoms with E-state index in [0.717, 1.165) is 0 Å². The Labute approximate surface area is 142 Å². The second kappa shape index (κ2) is 7.25. The highest BCUT2D eigenvalue weighted by Gasteiger charge is 2.13. The third kappa shape index (κ3) is 3.45. The van der Waals surface area contributed by atoms with Gasteiger partial charge in [-0.1, -0.05) is 17.0 Å². The molecule has 0 heterocycles. The van der Waals surface area contributed by atoms with Gasteiger partial charge in [0, 0.05) is 11.8 Å². The molecule has 2 aromatic carbocycles. The molecule has 0 aromatic heterocycles. The summed E-state index contributed by atoms with van der Waals surface area (Å²) in [5.74, 6) is -0.990. The second-order valence-corrected chi connectivity index (χ2v) is 5.09. The van der Waals surface area contributed by atoms with Crippen LogP contribution in [0.5, 0.6) is 11.5 Å². The van der Waals surface area contributed by atoms with Crippen LogP contribution in [0, 0.1) is 6.92 Å². The van der Waals surface area contributed by atoms with Gasteiger partial charge in [0.05, 0.1) is 17.9 Å². The maximum Gasteiger partial charge on any atom is 0.336 e. The molecule has 2 N–H and O–H groups in total. The Kier molecular flexibility index (Phi) is 5.34. The first-order chi connectivity index (χ1) is 11.4. The van der Waals surface area contributed by atoms with Gasteiger partial charge in [0.25, 0.3) is 0 Å². The molecule has 0 bridgehead atoms.